The molecule has 7 heteroatoms. The van der Waals surface area contributed by atoms with Crippen LogP contribution in [0.2, 0.25) is 0 Å². The third-order valence-corrected chi connectivity index (χ3v) is 3.61. The number of hydrogen-bond donors (Lipinski definition) is 2. The Labute approximate surface area is 136 Å². The van der Waals surface area contributed by atoms with E-state index in [1.807, 2.05) is 13.0 Å². The van der Waals surface area contributed by atoms with Crippen molar-refractivity contribution in [2.24, 2.45) is 0 Å². The number of benzene rings is 1. The summed E-state index contributed by atoms with van der Waals surface area (Å²) in [6.07, 6.45) is 3.17. The number of ketones is 1. The van der Waals surface area contributed by atoms with Crippen molar-refractivity contribution in [2.75, 3.05) is 11.2 Å². The lowest BCUT2D eigenvalue weighted by molar-refractivity contribution is -0.113. The first-order valence-electron chi connectivity index (χ1n) is 6.89. The van der Waals surface area contributed by atoms with Crippen LogP contribution in [0.4, 0.5) is 5.69 Å². The number of hydrogen-bond acceptors (Lipinski definition) is 4. The third kappa shape index (κ3) is 2.93. The third-order valence-electron chi connectivity index (χ3n) is 3.36. The molecule has 0 saturated heterocycles. The molecule has 0 atom stereocenters. The number of anilines is 1. The van der Waals surface area contributed by atoms with E-state index in [1.54, 1.807) is 30.6 Å². The molecule has 0 aliphatic heterocycles. The lowest BCUT2D eigenvalue weighted by Crippen LogP contribution is -2.17. The van der Waals surface area contributed by atoms with E-state index >= 15 is 0 Å². The van der Waals surface area contributed by atoms with Crippen molar-refractivity contribution in [3.8, 4) is 0 Å². The van der Waals surface area contributed by atoms with Crippen LogP contribution in [0.15, 0.2) is 36.7 Å². The Bertz CT molecular complexity index is 904. The largest absolute Gasteiger partial charge is 0.323 e. The van der Waals surface area contributed by atoms with Crippen molar-refractivity contribution in [1.82, 2.24) is 15.2 Å². The Kier molecular flexibility index (Phi) is 4.08. The minimum Gasteiger partial charge on any atom is -0.323 e. The van der Waals surface area contributed by atoms with Gasteiger partial charge in [0.1, 0.15) is 11.6 Å². The predicted molar refractivity (Wildman–Crippen MR) is 87.8 cm³/mol. The fourth-order valence-corrected chi connectivity index (χ4v) is 2.39. The number of fused-ring (bicyclic) bond motifs is 1. The highest BCUT2D eigenvalue weighted by atomic mass is 35.5. The van der Waals surface area contributed by atoms with Crippen LogP contribution < -0.4 is 5.32 Å². The van der Waals surface area contributed by atoms with Gasteiger partial charge in [-0.2, -0.15) is 5.10 Å². The molecule has 0 bridgehead atoms. The first kappa shape index (κ1) is 15.2. The van der Waals surface area contributed by atoms with E-state index in [4.69, 9.17) is 11.6 Å². The van der Waals surface area contributed by atoms with Crippen LogP contribution in [-0.4, -0.2) is 32.8 Å². The van der Waals surface area contributed by atoms with Crippen molar-refractivity contribution >= 4 is 39.9 Å². The molecule has 6 nitrogen and oxygen atoms in total. The number of rotatable bonds is 4. The minimum atomic E-state index is -0.394. The molecule has 0 aliphatic rings. The van der Waals surface area contributed by atoms with Gasteiger partial charge in [-0.15, -0.1) is 11.6 Å². The van der Waals surface area contributed by atoms with Gasteiger partial charge in [0.15, 0.2) is 0 Å². The number of nitrogens with zero attached hydrogens (tertiary/aromatic N) is 2. The minimum absolute atomic E-state index is 0.169. The standard InChI is InChI=1S/C16H13ClN4O2/c1-9-5-13(20-14(22)6-17)15(18-7-9)16(23)10-3-2-4-12-11(10)8-19-21-12/h2-5,7-8H,6H2,1H3,(H,19,21)(H,20,22). The number of halogens is 1. The highest BCUT2D eigenvalue weighted by Crippen LogP contribution is 2.23. The SMILES string of the molecule is Cc1cnc(C(=O)c2cccc3[nH]ncc23)c(NC(=O)CCl)c1. The normalized spacial score (nSPS) is 10.7. The molecule has 116 valence electrons. The summed E-state index contributed by atoms with van der Waals surface area (Å²) in [5, 5.41) is 10.1. The van der Waals surface area contributed by atoms with Gasteiger partial charge < -0.3 is 5.32 Å². The number of carbonyl (C=O) groups excluding carboxylic acids is 2. The molecule has 0 unspecified atom stereocenters. The average Bonchev–Trinajstić information content (AvgIpc) is 3.02. The summed E-state index contributed by atoms with van der Waals surface area (Å²) in [4.78, 5) is 28.6. The maximum absolute atomic E-state index is 12.9. The number of alkyl halides is 1. The molecule has 0 spiro atoms. The van der Waals surface area contributed by atoms with Crippen molar-refractivity contribution < 1.29 is 9.59 Å². The molecule has 1 aromatic carbocycles. The average molecular weight is 329 g/mol. The Morgan fingerprint density at radius 1 is 1.30 bits per heavy atom. The lowest BCUT2D eigenvalue weighted by atomic mass is 10.0. The van der Waals surface area contributed by atoms with Crippen LogP contribution in [0.1, 0.15) is 21.6 Å². The van der Waals surface area contributed by atoms with Gasteiger partial charge in [0.25, 0.3) is 0 Å². The molecule has 3 aromatic rings. The highest BCUT2D eigenvalue weighted by Gasteiger charge is 2.19. The first-order chi connectivity index (χ1) is 11.1. The summed E-state index contributed by atoms with van der Waals surface area (Å²) in [6, 6.07) is 6.99. The maximum Gasteiger partial charge on any atom is 0.239 e. The van der Waals surface area contributed by atoms with Gasteiger partial charge in [0.05, 0.1) is 17.4 Å². The fraction of sp³-hybridized carbons (Fsp3) is 0.125. The number of aryl methyl sites for hydroxylation is 1. The number of aromatic amines is 1. The van der Waals surface area contributed by atoms with Crippen LogP contribution in [-0.2, 0) is 4.79 Å². The van der Waals surface area contributed by atoms with Gasteiger partial charge in [-0.05, 0) is 24.6 Å². The summed E-state index contributed by atoms with van der Waals surface area (Å²) in [5.74, 6) is -0.879. The Hall–Kier alpha value is -2.73. The van der Waals surface area contributed by atoms with Crippen LogP contribution in [0, 0.1) is 6.92 Å². The van der Waals surface area contributed by atoms with E-state index < -0.39 is 5.91 Å². The van der Waals surface area contributed by atoms with Crippen LogP contribution in [0.3, 0.4) is 0 Å². The molecule has 1 amide bonds. The zero-order chi connectivity index (χ0) is 16.4. The summed E-state index contributed by atoms with van der Waals surface area (Å²) in [5.41, 5.74) is 2.57. The van der Waals surface area contributed by atoms with Gasteiger partial charge in [-0.1, -0.05) is 12.1 Å². The van der Waals surface area contributed by atoms with E-state index in [0.29, 0.717) is 16.6 Å². The van der Waals surface area contributed by atoms with Gasteiger partial charge in [-0.3, -0.25) is 19.7 Å². The molecule has 2 aromatic heterocycles. The molecule has 0 radical (unpaired) electrons. The van der Waals surface area contributed by atoms with E-state index in [1.165, 1.54) is 0 Å². The molecule has 2 heterocycles. The zero-order valence-corrected chi connectivity index (χ0v) is 13.0. The zero-order valence-electron chi connectivity index (χ0n) is 12.3. The fourth-order valence-electron chi connectivity index (χ4n) is 2.32. The number of aromatic nitrogens is 3. The Balaban J connectivity index is 2.09. The summed E-state index contributed by atoms with van der Waals surface area (Å²) in [6.45, 7) is 1.83. The Morgan fingerprint density at radius 3 is 2.91 bits per heavy atom. The number of carbonyl (C=O) groups is 2. The maximum atomic E-state index is 12.9. The highest BCUT2D eigenvalue weighted by molar-refractivity contribution is 6.29. The Morgan fingerprint density at radius 2 is 2.13 bits per heavy atom. The topological polar surface area (TPSA) is 87.7 Å². The van der Waals surface area contributed by atoms with Gasteiger partial charge in [0, 0.05) is 17.1 Å². The van der Waals surface area contributed by atoms with Crippen LogP contribution in [0.25, 0.3) is 10.9 Å². The molecule has 2 N–H and O–H groups in total. The van der Waals surface area contributed by atoms with E-state index in [2.05, 4.69) is 20.5 Å². The van der Waals surface area contributed by atoms with E-state index in [9.17, 15) is 9.59 Å². The number of pyridine rings is 1. The summed E-state index contributed by atoms with van der Waals surface area (Å²) in [7, 11) is 0. The van der Waals surface area contributed by atoms with Crippen molar-refractivity contribution in [3.63, 3.8) is 0 Å². The quantitative estimate of drug-likeness (QED) is 0.569. The second-order valence-corrected chi connectivity index (χ2v) is 5.32. The predicted octanol–water partition coefficient (Wildman–Crippen LogP) is 2.67. The first-order valence-corrected chi connectivity index (χ1v) is 7.43. The smallest absolute Gasteiger partial charge is 0.239 e. The molecule has 3 rings (SSSR count). The van der Waals surface area contributed by atoms with E-state index in [-0.39, 0.29) is 17.4 Å². The van der Waals surface area contributed by atoms with Gasteiger partial charge in [-0.25, -0.2) is 0 Å². The molecule has 0 aliphatic carbocycles. The number of H-pyrrole nitrogens is 1. The monoisotopic (exact) mass is 328 g/mol. The number of amides is 1. The van der Waals surface area contributed by atoms with Gasteiger partial charge >= 0.3 is 0 Å². The summed E-state index contributed by atoms with van der Waals surface area (Å²) >= 11 is 5.52. The molecule has 0 saturated carbocycles. The van der Waals surface area contributed by atoms with Crippen molar-refractivity contribution in [1.29, 1.82) is 0 Å². The van der Waals surface area contributed by atoms with Crippen LogP contribution >= 0.6 is 11.6 Å². The molecule has 23 heavy (non-hydrogen) atoms. The van der Waals surface area contributed by atoms with Crippen molar-refractivity contribution in [2.45, 2.75) is 6.92 Å². The molecule has 0 fully saturated rings. The van der Waals surface area contributed by atoms with E-state index in [0.717, 1.165) is 11.1 Å². The second-order valence-electron chi connectivity index (χ2n) is 5.06. The van der Waals surface area contributed by atoms with Crippen molar-refractivity contribution in [3.05, 3.63) is 53.5 Å². The molecular formula is C16H13ClN4O2. The van der Waals surface area contributed by atoms with Crippen LogP contribution in [0.5, 0.6) is 0 Å². The summed E-state index contributed by atoms with van der Waals surface area (Å²) < 4.78 is 0. The van der Waals surface area contributed by atoms with Gasteiger partial charge in [0.2, 0.25) is 11.7 Å². The second kappa shape index (κ2) is 6.18. The lowest BCUT2D eigenvalue weighted by Gasteiger charge is -2.10. The molecular weight excluding hydrogens is 316 g/mol. The number of nitrogens with one attached hydrogen (secondary N) is 2.